The number of carbonyl (C=O) groups excluding carboxylic acids is 2. The van der Waals surface area contributed by atoms with Gasteiger partial charge in [-0.05, 0) is 41.4 Å². The van der Waals surface area contributed by atoms with Crippen LogP contribution in [0, 0.1) is 6.92 Å². The smallest absolute Gasteiger partial charge is 0.375 e. The van der Waals surface area contributed by atoms with Gasteiger partial charge in [-0.1, -0.05) is 12.1 Å². The minimum absolute atomic E-state index is 0.0189. The minimum Gasteiger partial charge on any atom is -0.446 e. The van der Waals surface area contributed by atoms with Crippen molar-refractivity contribution in [1.29, 1.82) is 0 Å². The number of halogens is 1. The molecule has 0 bridgehead atoms. The second kappa shape index (κ2) is 6.57. The second-order valence-corrected chi connectivity index (χ2v) is 5.00. The van der Waals surface area contributed by atoms with Crippen LogP contribution in [0.25, 0.3) is 0 Å². The molecule has 0 aliphatic rings. The standard InChI is InChI=1S/C13H13BrN2O5/c1-3-8(12(17)15-11-6-7(2)21-16-11)20-13(18)9-4-5-10(14)19-9/h4-6,8H,3H2,1-2H3,(H,15,16,17). The molecule has 7 nitrogen and oxygen atoms in total. The third kappa shape index (κ3) is 3.94. The number of aromatic nitrogens is 1. The van der Waals surface area contributed by atoms with E-state index in [1.54, 1.807) is 26.0 Å². The number of esters is 1. The monoisotopic (exact) mass is 356 g/mol. The van der Waals surface area contributed by atoms with Gasteiger partial charge in [0.2, 0.25) is 5.76 Å². The molecule has 0 radical (unpaired) electrons. The van der Waals surface area contributed by atoms with E-state index >= 15 is 0 Å². The van der Waals surface area contributed by atoms with Crippen LogP contribution >= 0.6 is 15.9 Å². The summed E-state index contributed by atoms with van der Waals surface area (Å²) in [6.07, 6.45) is -0.630. The van der Waals surface area contributed by atoms with E-state index in [0.29, 0.717) is 16.9 Å². The number of ether oxygens (including phenoxy) is 1. The zero-order valence-corrected chi connectivity index (χ0v) is 13.0. The average molecular weight is 357 g/mol. The molecule has 1 atom stereocenters. The number of aryl methyl sites for hydroxylation is 1. The SMILES string of the molecule is CCC(OC(=O)c1ccc(Br)o1)C(=O)Nc1cc(C)on1. The van der Waals surface area contributed by atoms with Crippen molar-refractivity contribution < 1.29 is 23.3 Å². The van der Waals surface area contributed by atoms with Crippen molar-refractivity contribution in [2.24, 2.45) is 0 Å². The average Bonchev–Trinajstić information content (AvgIpc) is 3.04. The summed E-state index contributed by atoms with van der Waals surface area (Å²) in [5.41, 5.74) is 0. The molecule has 2 aromatic rings. The van der Waals surface area contributed by atoms with Gasteiger partial charge in [0.05, 0.1) is 0 Å². The maximum absolute atomic E-state index is 12.0. The van der Waals surface area contributed by atoms with E-state index in [2.05, 4.69) is 26.4 Å². The van der Waals surface area contributed by atoms with E-state index in [4.69, 9.17) is 13.7 Å². The number of furan rings is 1. The lowest BCUT2D eigenvalue weighted by atomic mass is 10.2. The number of rotatable bonds is 5. The summed E-state index contributed by atoms with van der Waals surface area (Å²) in [6, 6.07) is 4.59. The highest BCUT2D eigenvalue weighted by Gasteiger charge is 2.24. The van der Waals surface area contributed by atoms with Crippen molar-refractivity contribution >= 4 is 33.6 Å². The summed E-state index contributed by atoms with van der Waals surface area (Å²) in [4.78, 5) is 23.9. The van der Waals surface area contributed by atoms with E-state index < -0.39 is 18.0 Å². The van der Waals surface area contributed by atoms with Gasteiger partial charge in [0, 0.05) is 6.07 Å². The Morgan fingerprint density at radius 2 is 2.24 bits per heavy atom. The summed E-state index contributed by atoms with van der Waals surface area (Å²) in [5, 5.41) is 6.16. The van der Waals surface area contributed by atoms with E-state index in [1.165, 1.54) is 6.07 Å². The molecule has 21 heavy (non-hydrogen) atoms. The van der Waals surface area contributed by atoms with Crippen molar-refractivity contribution in [3.63, 3.8) is 0 Å². The predicted octanol–water partition coefficient (Wildman–Crippen LogP) is 2.91. The minimum atomic E-state index is -0.946. The first-order chi connectivity index (χ1) is 9.99. The summed E-state index contributed by atoms with van der Waals surface area (Å²) < 4.78 is 15.4. The molecular weight excluding hydrogens is 344 g/mol. The Balaban J connectivity index is 1.98. The first-order valence-electron chi connectivity index (χ1n) is 6.20. The lowest BCUT2D eigenvalue weighted by Crippen LogP contribution is -2.32. The fourth-order valence-electron chi connectivity index (χ4n) is 1.57. The van der Waals surface area contributed by atoms with Crippen LogP contribution in [0.5, 0.6) is 0 Å². The highest BCUT2D eigenvalue weighted by molar-refractivity contribution is 9.10. The first kappa shape index (κ1) is 15.3. The van der Waals surface area contributed by atoms with Crippen LogP contribution in [-0.4, -0.2) is 23.1 Å². The van der Waals surface area contributed by atoms with E-state index in [9.17, 15) is 9.59 Å². The highest BCUT2D eigenvalue weighted by atomic mass is 79.9. The number of hydrogen-bond acceptors (Lipinski definition) is 6. The molecule has 0 aromatic carbocycles. The van der Waals surface area contributed by atoms with Gasteiger partial charge in [-0.15, -0.1) is 0 Å². The number of hydrogen-bond donors (Lipinski definition) is 1. The van der Waals surface area contributed by atoms with Gasteiger partial charge < -0.3 is 19.0 Å². The third-order valence-corrected chi connectivity index (χ3v) is 2.99. The van der Waals surface area contributed by atoms with Crippen LogP contribution in [0.2, 0.25) is 0 Å². The summed E-state index contributed by atoms with van der Waals surface area (Å²) >= 11 is 3.09. The Bertz CT molecular complexity index is 649. The van der Waals surface area contributed by atoms with Crippen LogP contribution in [0.1, 0.15) is 29.7 Å². The number of anilines is 1. The molecule has 0 spiro atoms. The second-order valence-electron chi connectivity index (χ2n) is 4.22. The fraction of sp³-hybridized carbons (Fsp3) is 0.308. The quantitative estimate of drug-likeness (QED) is 0.827. The number of carbonyl (C=O) groups is 2. The fourth-order valence-corrected chi connectivity index (χ4v) is 1.87. The molecule has 1 N–H and O–H groups in total. The van der Waals surface area contributed by atoms with Gasteiger partial charge in [-0.3, -0.25) is 4.79 Å². The van der Waals surface area contributed by atoms with Crippen LogP contribution < -0.4 is 5.32 Å². The van der Waals surface area contributed by atoms with E-state index in [0.717, 1.165) is 0 Å². The van der Waals surface area contributed by atoms with Gasteiger partial charge in [0.1, 0.15) is 5.76 Å². The van der Waals surface area contributed by atoms with Gasteiger partial charge in [0.15, 0.2) is 16.6 Å². The maximum atomic E-state index is 12.0. The summed E-state index contributed by atoms with van der Waals surface area (Å²) in [5.74, 6) is -0.335. The van der Waals surface area contributed by atoms with Crippen molar-refractivity contribution in [3.8, 4) is 0 Å². The van der Waals surface area contributed by atoms with Gasteiger partial charge in [0.25, 0.3) is 5.91 Å². The zero-order valence-electron chi connectivity index (χ0n) is 11.4. The Morgan fingerprint density at radius 3 is 2.76 bits per heavy atom. The Morgan fingerprint density at radius 1 is 1.48 bits per heavy atom. The molecule has 2 heterocycles. The molecule has 8 heteroatoms. The van der Waals surface area contributed by atoms with Crippen molar-refractivity contribution in [1.82, 2.24) is 5.16 Å². The number of nitrogens with zero attached hydrogens (tertiary/aromatic N) is 1. The summed E-state index contributed by atoms with van der Waals surface area (Å²) in [6.45, 7) is 3.43. The molecule has 0 saturated heterocycles. The lowest BCUT2D eigenvalue weighted by molar-refractivity contribution is -0.124. The number of amides is 1. The molecule has 0 aliphatic carbocycles. The molecule has 2 rings (SSSR count). The normalized spacial score (nSPS) is 12.0. The predicted molar refractivity (Wildman–Crippen MR) is 75.8 cm³/mol. The van der Waals surface area contributed by atoms with Gasteiger partial charge in [-0.2, -0.15) is 0 Å². The van der Waals surface area contributed by atoms with Crippen LogP contribution in [-0.2, 0) is 9.53 Å². The molecular formula is C13H13BrN2O5. The van der Waals surface area contributed by atoms with Crippen LogP contribution in [0.4, 0.5) is 5.82 Å². The molecule has 0 fully saturated rings. The Kier molecular flexibility index (Phi) is 4.79. The van der Waals surface area contributed by atoms with E-state index in [1.807, 2.05) is 0 Å². The van der Waals surface area contributed by atoms with Crippen LogP contribution in [0.3, 0.4) is 0 Å². The van der Waals surface area contributed by atoms with E-state index in [-0.39, 0.29) is 11.6 Å². The molecule has 2 aromatic heterocycles. The van der Waals surface area contributed by atoms with Crippen molar-refractivity contribution in [3.05, 3.63) is 34.4 Å². The van der Waals surface area contributed by atoms with Crippen LogP contribution in [0.15, 0.2) is 31.8 Å². The van der Waals surface area contributed by atoms with Crippen molar-refractivity contribution in [2.45, 2.75) is 26.4 Å². The van der Waals surface area contributed by atoms with Gasteiger partial charge >= 0.3 is 5.97 Å². The van der Waals surface area contributed by atoms with Gasteiger partial charge in [-0.25, -0.2) is 4.79 Å². The molecule has 112 valence electrons. The maximum Gasteiger partial charge on any atom is 0.375 e. The van der Waals surface area contributed by atoms with Crippen molar-refractivity contribution in [2.75, 3.05) is 5.32 Å². The lowest BCUT2D eigenvalue weighted by Gasteiger charge is -2.13. The first-order valence-corrected chi connectivity index (χ1v) is 6.99. The third-order valence-electron chi connectivity index (χ3n) is 2.57. The molecule has 1 amide bonds. The largest absolute Gasteiger partial charge is 0.446 e. The molecule has 0 saturated carbocycles. The number of nitrogens with one attached hydrogen (secondary N) is 1. The topological polar surface area (TPSA) is 94.6 Å². The zero-order chi connectivity index (χ0) is 15.4. The summed E-state index contributed by atoms with van der Waals surface area (Å²) in [7, 11) is 0. The molecule has 0 aliphatic heterocycles. The highest BCUT2D eigenvalue weighted by Crippen LogP contribution is 2.16. The Hall–Kier alpha value is -2.09. The Labute approximate surface area is 128 Å². The molecule has 1 unspecified atom stereocenters.